The summed E-state index contributed by atoms with van der Waals surface area (Å²) in [6.45, 7) is 6.31. The number of hydrogen-bond acceptors (Lipinski definition) is 8. The summed E-state index contributed by atoms with van der Waals surface area (Å²) in [7, 11) is 0. The van der Waals surface area contributed by atoms with Crippen LogP contribution in [0.2, 0.25) is 0 Å². The third kappa shape index (κ3) is 4.93. The minimum atomic E-state index is -0.161. The average molecular weight is 507 g/mol. The number of aromatic nitrogens is 5. The number of rotatable bonds is 8. The van der Waals surface area contributed by atoms with Crippen LogP contribution in [-0.2, 0) is 16.3 Å². The number of carbonyl (C=O) groups excluding carboxylic acids is 1. The number of nitrogens with zero attached hydrogens (tertiary/aromatic N) is 6. The van der Waals surface area contributed by atoms with Crippen molar-refractivity contribution in [2.24, 2.45) is 0 Å². The molecule has 1 aliphatic carbocycles. The van der Waals surface area contributed by atoms with Gasteiger partial charge in [0.25, 0.3) is 0 Å². The second kappa shape index (κ2) is 10.1. The fraction of sp³-hybridized carbons (Fsp3) is 0.538. The normalized spacial score (nSPS) is 20.8. The molecule has 1 atom stereocenters. The molecule has 3 fully saturated rings. The summed E-state index contributed by atoms with van der Waals surface area (Å²) in [6.07, 6.45) is 13.1. The van der Waals surface area contributed by atoms with E-state index in [4.69, 9.17) is 14.7 Å². The highest BCUT2D eigenvalue weighted by Gasteiger charge is 2.31. The standard InChI is InChI=1S/C26H34N8O3/c1-2-22(36)32-9-3-4-18(13-32)28-24-23-21(17-5-6-17)15-33(16-35)25(23)31-26(30-24)29-19-12-27-34(14-19)20-7-10-37-11-8-20/h2,12,14-15,17-18,20,35H,1,3-11,13,16H2,(H2,28,29,30,31)/t18-/m1/s1. The van der Waals surface area contributed by atoms with Crippen LogP contribution in [-0.4, -0.2) is 72.6 Å². The number of carbonyl (C=O) groups is 1. The quantitative estimate of drug-likeness (QED) is 0.398. The van der Waals surface area contributed by atoms with Crippen molar-refractivity contribution >= 4 is 34.4 Å². The molecule has 2 aliphatic heterocycles. The zero-order chi connectivity index (χ0) is 25.4. The molecule has 1 amide bonds. The zero-order valence-corrected chi connectivity index (χ0v) is 21.0. The van der Waals surface area contributed by atoms with Crippen LogP contribution in [0.3, 0.4) is 0 Å². The Bertz CT molecular complexity index is 1290. The van der Waals surface area contributed by atoms with Gasteiger partial charge in [0.2, 0.25) is 11.9 Å². The van der Waals surface area contributed by atoms with E-state index in [0.29, 0.717) is 30.1 Å². The van der Waals surface area contributed by atoms with E-state index in [-0.39, 0.29) is 18.7 Å². The summed E-state index contributed by atoms with van der Waals surface area (Å²) in [5, 5.41) is 22.6. The van der Waals surface area contributed by atoms with E-state index in [0.717, 1.165) is 75.2 Å². The zero-order valence-electron chi connectivity index (χ0n) is 21.0. The van der Waals surface area contributed by atoms with E-state index in [1.165, 1.54) is 11.6 Å². The Labute approximate surface area is 215 Å². The van der Waals surface area contributed by atoms with E-state index in [2.05, 4.69) is 22.3 Å². The summed E-state index contributed by atoms with van der Waals surface area (Å²) in [6, 6.07) is 0.384. The molecular weight excluding hydrogens is 472 g/mol. The number of amides is 1. The maximum absolute atomic E-state index is 12.2. The highest BCUT2D eigenvalue weighted by molar-refractivity contribution is 5.93. The van der Waals surface area contributed by atoms with Crippen molar-refractivity contribution < 1.29 is 14.6 Å². The number of ether oxygens (including phenoxy) is 1. The van der Waals surface area contributed by atoms with Gasteiger partial charge in [-0.2, -0.15) is 15.1 Å². The molecule has 11 heteroatoms. The van der Waals surface area contributed by atoms with E-state index in [1.54, 1.807) is 10.8 Å². The number of aliphatic hydroxyl groups excluding tert-OH is 1. The van der Waals surface area contributed by atoms with Crippen molar-refractivity contribution in [3.05, 3.63) is 36.8 Å². The van der Waals surface area contributed by atoms with Crippen molar-refractivity contribution in [3.63, 3.8) is 0 Å². The first kappa shape index (κ1) is 23.9. The summed E-state index contributed by atoms with van der Waals surface area (Å²) in [5.74, 6) is 1.58. The lowest BCUT2D eigenvalue weighted by Crippen LogP contribution is -2.44. The lowest BCUT2D eigenvalue weighted by Gasteiger charge is -2.33. The van der Waals surface area contributed by atoms with E-state index < -0.39 is 0 Å². The first-order valence-electron chi connectivity index (χ1n) is 13.2. The maximum atomic E-state index is 12.2. The molecule has 37 heavy (non-hydrogen) atoms. The van der Waals surface area contributed by atoms with E-state index >= 15 is 0 Å². The van der Waals surface area contributed by atoms with Gasteiger partial charge in [-0.05, 0) is 56.1 Å². The molecule has 3 N–H and O–H groups in total. The van der Waals surface area contributed by atoms with Gasteiger partial charge in [-0.25, -0.2) is 0 Å². The first-order valence-corrected chi connectivity index (χ1v) is 13.2. The van der Waals surface area contributed by atoms with Crippen LogP contribution in [0.4, 0.5) is 17.5 Å². The van der Waals surface area contributed by atoms with Crippen LogP contribution in [0.25, 0.3) is 11.0 Å². The van der Waals surface area contributed by atoms with E-state index in [9.17, 15) is 9.90 Å². The van der Waals surface area contributed by atoms with Crippen LogP contribution in [0.5, 0.6) is 0 Å². The minimum Gasteiger partial charge on any atom is -0.381 e. The van der Waals surface area contributed by atoms with Gasteiger partial charge in [0, 0.05) is 44.7 Å². The Hall–Kier alpha value is -3.44. The molecule has 1 saturated carbocycles. The Kier molecular flexibility index (Phi) is 6.56. The summed E-state index contributed by atoms with van der Waals surface area (Å²) in [5.41, 5.74) is 2.66. The highest BCUT2D eigenvalue weighted by Crippen LogP contribution is 2.45. The number of likely N-dealkylation sites (tertiary alicyclic amines) is 1. The van der Waals surface area contributed by atoms with Crippen LogP contribution in [0.1, 0.15) is 56.0 Å². The monoisotopic (exact) mass is 506 g/mol. The molecule has 3 aliphatic rings. The molecule has 0 unspecified atom stereocenters. The molecule has 0 radical (unpaired) electrons. The van der Waals surface area contributed by atoms with Gasteiger partial charge in [-0.1, -0.05) is 6.58 Å². The molecule has 3 aromatic rings. The smallest absolute Gasteiger partial charge is 0.246 e. The van der Waals surface area contributed by atoms with Crippen LogP contribution in [0, 0.1) is 0 Å². The molecule has 0 aromatic carbocycles. The first-order chi connectivity index (χ1) is 18.1. The molecule has 3 aromatic heterocycles. The van der Waals surface area contributed by atoms with Crippen molar-refractivity contribution in [2.75, 3.05) is 36.9 Å². The number of aliphatic hydroxyl groups is 1. The molecular formula is C26H34N8O3. The lowest BCUT2D eigenvalue weighted by atomic mass is 10.0. The van der Waals surface area contributed by atoms with Gasteiger partial charge >= 0.3 is 0 Å². The van der Waals surface area contributed by atoms with E-state index in [1.807, 2.05) is 22.0 Å². The lowest BCUT2D eigenvalue weighted by molar-refractivity contribution is -0.127. The summed E-state index contributed by atoms with van der Waals surface area (Å²) in [4.78, 5) is 23.8. The van der Waals surface area contributed by atoms with Gasteiger partial charge in [0.05, 0.1) is 23.3 Å². The predicted octanol–water partition coefficient (Wildman–Crippen LogP) is 3.14. The average Bonchev–Trinajstić information content (AvgIpc) is 3.56. The van der Waals surface area contributed by atoms with Gasteiger partial charge < -0.3 is 29.9 Å². The molecule has 196 valence electrons. The number of fused-ring (bicyclic) bond motifs is 1. The third-order valence-corrected chi connectivity index (χ3v) is 7.59. The molecule has 6 rings (SSSR count). The maximum Gasteiger partial charge on any atom is 0.246 e. The molecule has 2 saturated heterocycles. The van der Waals surface area contributed by atoms with Gasteiger partial charge in [-0.15, -0.1) is 0 Å². The Balaban J connectivity index is 1.32. The van der Waals surface area contributed by atoms with Crippen LogP contribution >= 0.6 is 0 Å². The Morgan fingerprint density at radius 2 is 2.03 bits per heavy atom. The highest BCUT2D eigenvalue weighted by atomic mass is 16.5. The number of hydrogen-bond donors (Lipinski definition) is 3. The predicted molar refractivity (Wildman–Crippen MR) is 140 cm³/mol. The van der Waals surface area contributed by atoms with Crippen molar-refractivity contribution in [1.82, 2.24) is 29.2 Å². The fourth-order valence-electron chi connectivity index (χ4n) is 5.49. The van der Waals surface area contributed by atoms with Crippen LogP contribution < -0.4 is 10.6 Å². The molecule has 5 heterocycles. The van der Waals surface area contributed by atoms with Gasteiger partial charge in [0.1, 0.15) is 18.2 Å². The van der Waals surface area contributed by atoms with Gasteiger partial charge in [0.15, 0.2) is 0 Å². The minimum absolute atomic E-state index is 0.0478. The Morgan fingerprint density at radius 3 is 2.78 bits per heavy atom. The largest absolute Gasteiger partial charge is 0.381 e. The summed E-state index contributed by atoms with van der Waals surface area (Å²) >= 11 is 0. The molecule has 0 bridgehead atoms. The van der Waals surface area contributed by atoms with Crippen LogP contribution in [0.15, 0.2) is 31.2 Å². The summed E-state index contributed by atoms with van der Waals surface area (Å²) < 4.78 is 9.24. The molecule has 0 spiro atoms. The number of nitrogens with one attached hydrogen (secondary N) is 2. The fourth-order valence-corrected chi connectivity index (χ4v) is 5.49. The van der Waals surface area contributed by atoms with Crippen molar-refractivity contribution in [1.29, 1.82) is 0 Å². The topological polar surface area (TPSA) is 122 Å². The number of anilines is 3. The van der Waals surface area contributed by atoms with Crippen molar-refractivity contribution in [3.8, 4) is 0 Å². The SMILES string of the molecule is C=CC(=O)N1CCC[C@@H](Nc2nc(Nc3cnn(C4CCOCC4)c3)nc3c2c(C2CC2)cn3CO)C1. The number of piperidine rings is 1. The van der Waals surface area contributed by atoms with Gasteiger partial charge in [-0.3, -0.25) is 9.48 Å². The second-order valence-electron chi connectivity index (χ2n) is 10.2. The Morgan fingerprint density at radius 1 is 1.19 bits per heavy atom. The third-order valence-electron chi connectivity index (χ3n) is 7.59. The van der Waals surface area contributed by atoms with Crippen molar-refractivity contribution in [2.45, 2.75) is 63.3 Å². The second-order valence-corrected chi connectivity index (χ2v) is 10.2. The molecule has 11 nitrogen and oxygen atoms in total.